The number of carbonyl (C=O) groups excluding carboxylic acids is 1. The maximum Gasteiger partial charge on any atom is 0.272 e. The molecule has 124 valence electrons. The Morgan fingerprint density at radius 1 is 1.29 bits per heavy atom. The quantitative estimate of drug-likeness (QED) is 0.851. The van der Waals surface area contributed by atoms with E-state index in [0.29, 0.717) is 13.0 Å². The van der Waals surface area contributed by atoms with Crippen molar-refractivity contribution in [2.24, 2.45) is 5.10 Å². The van der Waals surface area contributed by atoms with Gasteiger partial charge in [-0.25, -0.2) is 9.40 Å². The standard InChI is InChI=1S/C18H17FN2O2S/c19-13-7-5-12(6-8-13)15-11-14(17-4-2-10-24-17)20-21(15)18(22)16-3-1-9-23-16/h2,4-8,10,15-16H,1,3,9,11H2/t15-,16-/m1/s1. The van der Waals surface area contributed by atoms with Gasteiger partial charge in [0.25, 0.3) is 5.91 Å². The lowest BCUT2D eigenvalue weighted by Gasteiger charge is -2.24. The van der Waals surface area contributed by atoms with Gasteiger partial charge in [0.1, 0.15) is 11.9 Å². The van der Waals surface area contributed by atoms with E-state index >= 15 is 0 Å². The number of benzene rings is 1. The van der Waals surface area contributed by atoms with Gasteiger partial charge in [-0.3, -0.25) is 4.79 Å². The van der Waals surface area contributed by atoms with Crippen LogP contribution in [0.1, 0.15) is 35.7 Å². The van der Waals surface area contributed by atoms with Gasteiger partial charge in [0, 0.05) is 13.0 Å². The number of hydrogen-bond donors (Lipinski definition) is 0. The molecule has 1 aromatic heterocycles. The molecule has 0 unspecified atom stereocenters. The molecule has 1 fully saturated rings. The summed E-state index contributed by atoms with van der Waals surface area (Å²) in [5, 5.41) is 8.13. The van der Waals surface area contributed by atoms with Gasteiger partial charge in [-0.05, 0) is 42.0 Å². The predicted molar refractivity (Wildman–Crippen MR) is 90.4 cm³/mol. The number of hydrogen-bond acceptors (Lipinski definition) is 4. The molecule has 2 atom stereocenters. The van der Waals surface area contributed by atoms with Crippen molar-refractivity contribution in [1.29, 1.82) is 0 Å². The van der Waals surface area contributed by atoms with Crippen LogP contribution in [0.5, 0.6) is 0 Å². The Kier molecular flexibility index (Phi) is 4.16. The van der Waals surface area contributed by atoms with E-state index in [1.807, 2.05) is 17.5 Å². The number of nitrogens with zero attached hydrogens (tertiary/aromatic N) is 2. The molecular weight excluding hydrogens is 327 g/mol. The summed E-state index contributed by atoms with van der Waals surface area (Å²) in [5.41, 5.74) is 1.78. The van der Waals surface area contributed by atoms with E-state index in [9.17, 15) is 9.18 Å². The average Bonchev–Trinajstić information content (AvgIpc) is 3.34. The monoisotopic (exact) mass is 344 g/mol. The number of hydrazone groups is 1. The molecular formula is C18H17FN2O2S. The van der Waals surface area contributed by atoms with Crippen molar-refractivity contribution < 1.29 is 13.9 Å². The summed E-state index contributed by atoms with van der Waals surface area (Å²) in [7, 11) is 0. The summed E-state index contributed by atoms with van der Waals surface area (Å²) in [6.45, 7) is 0.618. The molecule has 4 nitrogen and oxygen atoms in total. The molecule has 3 heterocycles. The van der Waals surface area contributed by atoms with Crippen molar-refractivity contribution in [3.63, 3.8) is 0 Å². The molecule has 1 saturated heterocycles. The normalized spacial score (nSPS) is 23.5. The number of halogens is 1. The molecule has 0 spiro atoms. The SMILES string of the molecule is O=C([C@H]1CCCO1)N1N=C(c2cccs2)C[C@@H]1c1ccc(F)cc1. The highest BCUT2D eigenvalue weighted by molar-refractivity contribution is 7.12. The summed E-state index contributed by atoms with van der Waals surface area (Å²) >= 11 is 1.61. The van der Waals surface area contributed by atoms with Gasteiger partial charge in [-0.15, -0.1) is 11.3 Å². The molecule has 4 rings (SSSR count). The smallest absolute Gasteiger partial charge is 0.272 e. The minimum atomic E-state index is -0.417. The predicted octanol–water partition coefficient (Wildman–Crippen LogP) is 3.74. The van der Waals surface area contributed by atoms with Crippen LogP contribution in [0, 0.1) is 5.82 Å². The Morgan fingerprint density at radius 3 is 2.79 bits per heavy atom. The van der Waals surface area contributed by atoms with Crippen molar-refractivity contribution in [2.75, 3.05) is 6.61 Å². The van der Waals surface area contributed by atoms with Crippen molar-refractivity contribution in [2.45, 2.75) is 31.4 Å². The lowest BCUT2D eigenvalue weighted by Crippen LogP contribution is -2.35. The Bertz CT molecular complexity index is 752. The van der Waals surface area contributed by atoms with E-state index in [-0.39, 0.29) is 17.8 Å². The van der Waals surface area contributed by atoms with Gasteiger partial charge < -0.3 is 4.74 Å². The Labute approximate surface area is 143 Å². The fraction of sp³-hybridized carbons (Fsp3) is 0.333. The van der Waals surface area contributed by atoms with Crippen molar-refractivity contribution in [3.05, 3.63) is 58.0 Å². The number of carbonyl (C=O) groups is 1. The Morgan fingerprint density at radius 2 is 2.12 bits per heavy atom. The molecule has 0 saturated carbocycles. The second-order valence-corrected chi connectivity index (χ2v) is 6.93. The van der Waals surface area contributed by atoms with Crippen LogP contribution in [0.25, 0.3) is 0 Å². The second-order valence-electron chi connectivity index (χ2n) is 5.98. The lowest BCUT2D eigenvalue weighted by molar-refractivity contribution is -0.142. The molecule has 0 radical (unpaired) electrons. The summed E-state index contributed by atoms with van der Waals surface area (Å²) in [5.74, 6) is -0.387. The zero-order valence-corrected chi connectivity index (χ0v) is 13.8. The number of amides is 1. The van der Waals surface area contributed by atoms with E-state index in [0.717, 1.165) is 29.0 Å². The maximum absolute atomic E-state index is 13.2. The van der Waals surface area contributed by atoms with E-state index in [1.54, 1.807) is 23.5 Å². The lowest BCUT2D eigenvalue weighted by atomic mass is 10.0. The highest BCUT2D eigenvalue weighted by Crippen LogP contribution is 2.35. The first kappa shape index (κ1) is 15.5. The zero-order chi connectivity index (χ0) is 16.5. The van der Waals surface area contributed by atoms with Gasteiger partial charge in [0.05, 0.1) is 16.6 Å². The van der Waals surface area contributed by atoms with E-state index in [1.165, 1.54) is 17.1 Å². The largest absolute Gasteiger partial charge is 0.368 e. The minimum Gasteiger partial charge on any atom is -0.368 e. The molecule has 0 aliphatic carbocycles. The van der Waals surface area contributed by atoms with Crippen LogP contribution in [0.15, 0.2) is 46.9 Å². The van der Waals surface area contributed by atoms with Crippen LogP contribution < -0.4 is 0 Å². The highest BCUT2D eigenvalue weighted by Gasteiger charge is 2.38. The minimum absolute atomic E-state index is 0.103. The van der Waals surface area contributed by atoms with E-state index < -0.39 is 6.10 Å². The molecule has 2 aromatic rings. The molecule has 2 aliphatic heterocycles. The van der Waals surface area contributed by atoms with Crippen LogP contribution in [0.3, 0.4) is 0 Å². The Balaban J connectivity index is 1.66. The zero-order valence-electron chi connectivity index (χ0n) is 13.0. The third-order valence-corrected chi connectivity index (χ3v) is 5.32. The first-order chi connectivity index (χ1) is 11.7. The van der Waals surface area contributed by atoms with Gasteiger partial charge in [0.15, 0.2) is 0 Å². The molecule has 6 heteroatoms. The first-order valence-corrected chi connectivity index (χ1v) is 8.92. The van der Waals surface area contributed by atoms with Crippen LogP contribution in [-0.4, -0.2) is 29.3 Å². The van der Waals surface area contributed by atoms with E-state index in [4.69, 9.17) is 4.74 Å². The van der Waals surface area contributed by atoms with Crippen LogP contribution >= 0.6 is 11.3 Å². The van der Waals surface area contributed by atoms with Crippen molar-refractivity contribution in [3.8, 4) is 0 Å². The van der Waals surface area contributed by atoms with Gasteiger partial charge in [-0.2, -0.15) is 5.10 Å². The number of rotatable bonds is 3. The number of thiophene rings is 1. The number of ether oxygens (including phenoxy) is 1. The van der Waals surface area contributed by atoms with Crippen LogP contribution in [0.2, 0.25) is 0 Å². The highest BCUT2D eigenvalue weighted by atomic mass is 32.1. The summed E-state index contributed by atoms with van der Waals surface area (Å²) in [6.07, 6.45) is 1.84. The first-order valence-electron chi connectivity index (χ1n) is 8.04. The summed E-state index contributed by atoms with van der Waals surface area (Å²) < 4.78 is 18.8. The van der Waals surface area contributed by atoms with Gasteiger partial charge >= 0.3 is 0 Å². The topological polar surface area (TPSA) is 41.9 Å². The molecule has 0 bridgehead atoms. The fourth-order valence-corrected chi connectivity index (χ4v) is 3.89. The third-order valence-electron chi connectivity index (χ3n) is 4.40. The van der Waals surface area contributed by atoms with Crippen molar-refractivity contribution in [1.82, 2.24) is 5.01 Å². The van der Waals surface area contributed by atoms with Crippen LogP contribution in [-0.2, 0) is 9.53 Å². The second kappa shape index (κ2) is 6.45. The molecule has 24 heavy (non-hydrogen) atoms. The summed E-state index contributed by atoms with van der Waals surface area (Å²) in [6, 6.07) is 10.1. The maximum atomic E-state index is 13.2. The molecule has 0 N–H and O–H groups in total. The average molecular weight is 344 g/mol. The van der Waals surface area contributed by atoms with Gasteiger partial charge in [-0.1, -0.05) is 18.2 Å². The van der Waals surface area contributed by atoms with Gasteiger partial charge in [0.2, 0.25) is 0 Å². The van der Waals surface area contributed by atoms with E-state index in [2.05, 4.69) is 5.10 Å². The fourth-order valence-electron chi connectivity index (χ4n) is 3.17. The summed E-state index contributed by atoms with van der Waals surface area (Å²) in [4.78, 5) is 13.9. The molecule has 2 aliphatic rings. The molecule has 1 aromatic carbocycles. The third kappa shape index (κ3) is 2.87. The van der Waals surface area contributed by atoms with Crippen molar-refractivity contribution >= 4 is 23.0 Å². The Hall–Kier alpha value is -2.05. The van der Waals surface area contributed by atoms with Crippen LogP contribution in [0.4, 0.5) is 4.39 Å². The molecule has 1 amide bonds.